The Labute approximate surface area is 115 Å². The molecule has 1 aliphatic heterocycles. The van der Waals surface area contributed by atoms with Crippen LogP contribution >= 0.6 is 0 Å². The van der Waals surface area contributed by atoms with Gasteiger partial charge in [-0.1, -0.05) is 6.92 Å². The van der Waals surface area contributed by atoms with Gasteiger partial charge in [0.15, 0.2) is 5.78 Å². The van der Waals surface area contributed by atoms with E-state index in [9.17, 15) is 9.90 Å². The van der Waals surface area contributed by atoms with E-state index in [1.54, 1.807) is 0 Å². The van der Waals surface area contributed by atoms with E-state index in [1.807, 2.05) is 31.5 Å². The Bertz CT molecular complexity index is 479. The fraction of sp³-hybridized carbons (Fsp3) is 0.667. The van der Waals surface area contributed by atoms with Crippen LogP contribution in [-0.2, 0) is 7.05 Å². The maximum absolute atomic E-state index is 12.4. The topological polar surface area (TPSA) is 45.5 Å². The lowest BCUT2D eigenvalue weighted by Gasteiger charge is -2.33. The molecular weight excluding hydrogens is 240 g/mol. The molecule has 0 amide bonds. The van der Waals surface area contributed by atoms with E-state index < -0.39 is 0 Å². The van der Waals surface area contributed by atoms with Gasteiger partial charge in [-0.25, -0.2) is 0 Å². The van der Waals surface area contributed by atoms with Gasteiger partial charge in [0.2, 0.25) is 0 Å². The van der Waals surface area contributed by atoms with E-state index in [4.69, 9.17) is 0 Å². The number of carbonyl (C=O) groups is 1. The molecule has 2 unspecified atom stereocenters. The number of hydrogen-bond donors (Lipinski definition) is 1. The van der Waals surface area contributed by atoms with Gasteiger partial charge in [0, 0.05) is 30.5 Å². The number of aliphatic hydroxyl groups excluding tert-OH is 1. The van der Waals surface area contributed by atoms with E-state index in [-0.39, 0.29) is 11.9 Å². The third-order valence-corrected chi connectivity index (χ3v) is 4.45. The molecule has 19 heavy (non-hydrogen) atoms. The van der Waals surface area contributed by atoms with Crippen molar-refractivity contribution in [2.24, 2.45) is 13.0 Å². The Hall–Kier alpha value is -1.13. The van der Waals surface area contributed by atoms with E-state index >= 15 is 0 Å². The number of likely N-dealkylation sites (tertiary alicyclic amines) is 1. The van der Waals surface area contributed by atoms with Gasteiger partial charge in [-0.2, -0.15) is 0 Å². The van der Waals surface area contributed by atoms with Gasteiger partial charge < -0.3 is 9.67 Å². The van der Waals surface area contributed by atoms with Crippen LogP contribution in [0.5, 0.6) is 0 Å². The van der Waals surface area contributed by atoms with Crippen LogP contribution in [0.2, 0.25) is 0 Å². The van der Waals surface area contributed by atoms with Crippen molar-refractivity contribution in [2.45, 2.75) is 33.3 Å². The van der Waals surface area contributed by atoms with Crippen molar-refractivity contribution >= 4 is 5.78 Å². The van der Waals surface area contributed by atoms with Crippen LogP contribution in [0, 0.1) is 19.8 Å². The normalized spacial score (nSPS) is 24.7. The molecule has 0 bridgehead atoms. The Morgan fingerprint density at radius 3 is 2.68 bits per heavy atom. The summed E-state index contributed by atoms with van der Waals surface area (Å²) in [6.45, 7) is 7.97. The largest absolute Gasteiger partial charge is 0.392 e. The first-order valence-electron chi connectivity index (χ1n) is 6.96. The average molecular weight is 264 g/mol. The summed E-state index contributed by atoms with van der Waals surface area (Å²) in [7, 11) is 1.98. The Morgan fingerprint density at radius 2 is 2.16 bits per heavy atom. The van der Waals surface area contributed by atoms with Gasteiger partial charge in [-0.15, -0.1) is 0 Å². The second kappa shape index (κ2) is 5.47. The molecule has 2 heterocycles. The van der Waals surface area contributed by atoms with Gasteiger partial charge in [0.1, 0.15) is 0 Å². The number of carbonyl (C=O) groups excluding carboxylic acids is 1. The molecule has 2 rings (SSSR count). The highest BCUT2D eigenvalue weighted by molar-refractivity contribution is 5.99. The lowest BCUT2D eigenvalue weighted by atomic mass is 9.95. The molecule has 0 radical (unpaired) electrons. The highest BCUT2D eigenvalue weighted by Gasteiger charge is 2.26. The summed E-state index contributed by atoms with van der Waals surface area (Å²) < 4.78 is 2.04. The summed E-state index contributed by atoms with van der Waals surface area (Å²) >= 11 is 0. The Morgan fingerprint density at radius 1 is 1.47 bits per heavy atom. The lowest BCUT2D eigenvalue weighted by Crippen LogP contribution is -2.44. The minimum atomic E-state index is -0.305. The minimum absolute atomic E-state index is 0.156. The quantitative estimate of drug-likeness (QED) is 0.842. The molecule has 4 heteroatoms. The number of piperidine rings is 1. The van der Waals surface area contributed by atoms with Crippen LogP contribution in [0.1, 0.15) is 35.1 Å². The average Bonchev–Trinajstić information content (AvgIpc) is 2.62. The van der Waals surface area contributed by atoms with Crippen molar-refractivity contribution in [1.82, 2.24) is 9.47 Å². The monoisotopic (exact) mass is 264 g/mol. The predicted octanol–water partition coefficient (Wildman–Crippen LogP) is 1.53. The number of aryl methyl sites for hydroxylation is 1. The molecule has 1 fully saturated rings. The smallest absolute Gasteiger partial charge is 0.178 e. The molecular formula is C15H24N2O2. The molecule has 1 aromatic rings. The molecule has 1 N–H and O–H groups in total. The van der Waals surface area contributed by atoms with Gasteiger partial charge in [-0.3, -0.25) is 9.69 Å². The van der Waals surface area contributed by atoms with Crippen molar-refractivity contribution in [1.29, 1.82) is 0 Å². The van der Waals surface area contributed by atoms with E-state index in [0.29, 0.717) is 19.0 Å². The van der Waals surface area contributed by atoms with Crippen molar-refractivity contribution in [3.05, 3.63) is 23.0 Å². The van der Waals surface area contributed by atoms with Gasteiger partial charge in [-0.05, 0) is 38.8 Å². The fourth-order valence-corrected chi connectivity index (χ4v) is 2.68. The highest BCUT2D eigenvalue weighted by Crippen LogP contribution is 2.19. The molecule has 2 atom stereocenters. The second-order valence-corrected chi connectivity index (χ2v) is 5.84. The SMILES string of the molecule is Cc1cc(C(=O)CN2CCC(C)C(O)C2)c(C)n1C. The third kappa shape index (κ3) is 2.90. The maximum Gasteiger partial charge on any atom is 0.178 e. The molecule has 106 valence electrons. The fourth-order valence-electron chi connectivity index (χ4n) is 2.68. The van der Waals surface area contributed by atoms with E-state index in [0.717, 1.165) is 29.9 Å². The first-order valence-corrected chi connectivity index (χ1v) is 6.96. The van der Waals surface area contributed by atoms with E-state index in [2.05, 4.69) is 11.8 Å². The maximum atomic E-state index is 12.4. The summed E-state index contributed by atoms with van der Waals surface area (Å²) in [6, 6.07) is 1.96. The van der Waals surface area contributed by atoms with Crippen LogP contribution in [0.15, 0.2) is 6.07 Å². The molecule has 1 saturated heterocycles. The number of aromatic nitrogens is 1. The van der Waals surface area contributed by atoms with Crippen molar-refractivity contribution < 1.29 is 9.90 Å². The number of ketones is 1. The van der Waals surface area contributed by atoms with Crippen LogP contribution in [-0.4, -0.2) is 46.1 Å². The zero-order chi connectivity index (χ0) is 14.2. The molecule has 1 aromatic heterocycles. The molecule has 0 spiro atoms. The Kier molecular flexibility index (Phi) is 4.11. The molecule has 4 nitrogen and oxygen atoms in total. The number of rotatable bonds is 3. The van der Waals surface area contributed by atoms with Crippen LogP contribution in [0.4, 0.5) is 0 Å². The first-order chi connectivity index (χ1) is 8.90. The third-order valence-electron chi connectivity index (χ3n) is 4.45. The second-order valence-electron chi connectivity index (χ2n) is 5.84. The molecule has 0 saturated carbocycles. The van der Waals surface area contributed by atoms with Crippen molar-refractivity contribution in [2.75, 3.05) is 19.6 Å². The lowest BCUT2D eigenvalue weighted by molar-refractivity contribution is 0.0294. The van der Waals surface area contributed by atoms with Crippen LogP contribution in [0.3, 0.4) is 0 Å². The molecule has 1 aliphatic rings. The van der Waals surface area contributed by atoms with Gasteiger partial charge in [0.05, 0.1) is 12.6 Å². The summed E-state index contributed by atoms with van der Waals surface area (Å²) in [4.78, 5) is 14.4. The molecule has 0 aromatic carbocycles. The Balaban J connectivity index is 2.03. The molecule has 0 aliphatic carbocycles. The summed E-state index contributed by atoms with van der Waals surface area (Å²) in [6.07, 6.45) is 0.654. The predicted molar refractivity (Wildman–Crippen MR) is 75.4 cm³/mol. The van der Waals surface area contributed by atoms with Crippen molar-refractivity contribution in [3.8, 4) is 0 Å². The number of β-amino-alcohol motifs (C(OH)–C–C–N with tert-alkyl or cyclic N) is 1. The van der Waals surface area contributed by atoms with Crippen LogP contribution < -0.4 is 0 Å². The summed E-state index contributed by atoms with van der Waals surface area (Å²) in [5, 5.41) is 9.88. The number of hydrogen-bond acceptors (Lipinski definition) is 3. The highest BCUT2D eigenvalue weighted by atomic mass is 16.3. The number of Topliss-reactive ketones (excluding diaryl/α,β-unsaturated/α-hetero) is 1. The number of aliphatic hydroxyl groups is 1. The van der Waals surface area contributed by atoms with E-state index in [1.165, 1.54) is 0 Å². The van der Waals surface area contributed by atoms with Crippen molar-refractivity contribution in [3.63, 3.8) is 0 Å². The standard InChI is InChI=1S/C15H24N2O2/c1-10-5-6-17(8-14(10)18)9-15(19)13-7-11(2)16(4)12(13)3/h7,10,14,18H,5-6,8-9H2,1-4H3. The number of nitrogens with zero attached hydrogens (tertiary/aromatic N) is 2. The zero-order valence-corrected chi connectivity index (χ0v) is 12.3. The van der Waals surface area contributed by atoms with Crippen LogP contribution in [0.25, 0.3) is 0 Å². The summed E-state index contributed by atoms with van der Waals surface area (Å²) in [5.74, 6) is 0.495. The zero-order valence-electron chi connectivity index (χ0n) is 12.3. The summed E-state index contributed by atoms with van der Waals surface area (Å²) in [5.41, 5.74) is 2.94. The minimum Gasteiger partial charge on any atom is -0.392 e. The first kappa shape index (κ1) is 14.3. The van der Waals surface area contributed by atoms with Gasteiger partial charge in [0.25, 0.3) is 0 Å². The van der Waals surface area contributed by atoms with Gasteiger partial charge >= 0.3 is 0 Å².